The van der Waals surface area contributed by atoms with Gasteiger partial charge in [0.2, 0.25) is 5.56 Å². The van der Waals surface area contributed by atoms with Gasteiger partial charge in [0.15, 0.2) is 0 Å². The van der Waals surface area contributed by atoms with E-state index in [1.54, 1.807) is 6.07 Å². The smallest absolute Gasteiger partial charge is 0.248 e. The number of aromatic nitrogens is 3. The molecule has 0 radical (unpaired) electrons. The van der Waals surface area contributed by atoms with Crippen molar-refractivity contribution in [1.29, 1.82) is 0 Å². The molecule has 3 N–H and O–H groups in total. The average molecular weight is 258 g/mol. The van der Waals surface area contributed by atoms with Gasteiger partial charge in [-0.05, 0) is 37.8 Å². The molecule has 0 amide bonds. The van der Waals surface area contributed by atoms with Gasteiger partial charge in [-0.15, -0.1) is 0 Å². The van der Waals surface area contributed by atoms with Crippen molar-refractivity contribution >= 4 is 0 Å². The van der Waals surface area contributed by atoms with Gasteiger partial charge in [0.05, 0.1) is 17.9 Å². The summed E-state index contributed by atoms with van der Waals surface area (Å²) < 4.78 is 2.01. The highest BCUT2D eigenvalue weighted by Crippen LogP contribution is 2.39. The Labute approximate surface area is 111 Å². The van der Waals surface area contributed by atoms with Crippen LogP contribution < -0.4 is 11.3 Å². The summed E-state index contributed by atoms with van der Waals surface area (Å²) in [7, 11) is 0. The first kappa shape index (κ1) is 12.2. The van der Waals surface area contributed by atoms with Gasteiger partial charge >= 0.3 is 0 Å². The third-order valence-electron chi connectivity index (χ3n) is 3.84. The van der Waals surface area contributed by atoms with Gasteiger partial charge < -0.3 is 10.7 Å². The number of aromatic amines is 1. The average Bonchev–Trinajstić information content (AvgIpc) is 2.82. The standard InChI is InChI=1S/C14H18N4O/c15-5-4-10-6-12(7-10)18-9-11(8-16-18)13-2-1-3-14(19)17-13/h1-3,8-10,12H,4-7,15H2,(H,17,19). The molecule has 0 spiro atoms. The molecule has 0 unspecified atom stereocenters. The van der Waals surface area contributed by atoms with E-state index in [0.29, 0.717) is 6.04 Å². The molecule has 5 nitrogen and oxygen atoms in total. The second-order valence-electron chi connectivity index (χ2n) is 5.21. The largest absolute Gasteiger partial charge is 0.330 e. The molecule has 0 aliphatic heterocycles. The van der Waals surface area contributed by atoms with Crippen LogP contribution in [0.5, 0.6) is 0 Å². The molecule has 0 atom stereocenters. The first-order valence-corrected chi connectivity index (χ1v) is 6.70. The highest BCUT2D eigenvalue weighted by Gasteiger charge is 2.30. The van der Waals surface area contributed by atoms with Crippen LogP contribution in [-0.4, -0.2) is 21.3 Å². The lowest BCUT2D eigenvalue weighted by Crippen LogP contribution is -2.28. The van der Waals surface area contributed by atoms with E-state index in [4.69, 9.17) is 5.73 Å². The molecule has 2 aromatic heterocycles. The fourth-order valence-electron chi connectivity index (χ4n) is 2.68. The lowest BCUT2D eigenvalue weighted by Gasteiger charge is -2.35. The van der Waals surface area contributed by atoms with E-state index in [9.17, 15) is 4.79 Å². The van der Waals surface area contributed by atoms with Crippen LogP contribution in [-0.2, 0) is 0 Å². The van der Waals surface area contributed by atoms with Gasteiger partial charge in [0.25, 0.3) is 0 Å². The van der Waals surface area contributed by atoms with Crippen molar-refractivity contribution in [1.82, 2.24) is 14.8 Å². The van der Waals surface area contributed by atoms with E-state index in [1.165, 1.54) is 6.07 Å². The maximum absolute atomic E-state index is 11.3. The molecule has 2 aromatic rings. The van der Waals surface area contributed by atoms with Gasteiger partial charge in [-0.1, -0.05) is 6.07 Å². The van der Waals surface area contributed by atoms with Gasteiger partial charge in [0, 0.05) is 17.8 Å². The summed E-state index contributed by atoms with van der Waals surface area (Å²) in [6.45, 7) is 0.771. The Morgan fingerprint density at radius 1 is 1.42 bits per heavy atom. The second kappa shape index (κ2) is 5.01. The third-order valence-corrected chi connectivity index (χ3v) is 3.84. The van der Waals surface area contributed by atoms with Crippen LogP contribution in [0.4, 0.5) is 0 Å². The second-order valence-corrected chi connectivity index (χ2v) is 5.21. The maximum atomic E-state index is 11.3. The monoisotopic (exact) mass is 258 g/mol. The SMILES string of the molecule is NCCC1CC(n2cc(-c3cccc(=O)[nH]3)cn2)C1. The van der Waals surface area contributed by atoms with E-state index in [-0.39, 0.29) is 5.56 Å². The van der Waals surface area contributed by atoms with E-state index < -0.39 is 0 Å². The third kappa shape index (κ3) is 2.46. The van der Waals surface area contributed by atoms with E-state index in [0.717, 1.165) is 43.0 Å². The van der Waals surface area contributed by atoms with Crippen molar-refractivity contribution in [3.8, 4) is 11.3 Å². The maximum Gasteiger partial charge on any atom is 0.248 e. The summed E-state index contributed by atoms with van der Waals surface area (Å²) >= 11 is 0. The van der Waals surface area contributed by atoms with Crippen LogP contribution in [0.2, 0.25) is 0 Å². The van der Waals surface area contributed by atoms with Crippen molar-refractivity contribution in [2.24, 2.45) is 11.7 Å². The number of nitrogens with zero attached hydrogens (tertiary/aromatic N) is 2. The molecule has 5 heteroatoms. The topological polar surface area (TPSA) is 76.7 Å². The quantitative estimate of drug-likeness (QED) is 0.873. The molecular formula is C14H18N4O. The van der Waals surface area contributed by atoms with Crippen molar-refractivity contribution in [3.05, 3.63) is 40.9 Å². The summed E-state index contributed by atoms with van der Waals surface area (Å²) in [6.07, 6.45) is 7.24. The van der Waals surface area contributed by atoms with Crippen molar-refractivity contribution in [2.45, 2.75) is 25.3 Å². The highest BCUT2D eigenvalue weighted by molar-refractivity contribution is 5.56. The Morgan fingerprint density at radius 2 is 2.26 bits per heavy atom. The number of nitrogens with two attached hydrogens (primary N) is 1. The number of hydrogen-bond acceptors (Lipinski definition) is 3. The zero-order valence-electron chi connectivity index (χ0n) is 10.7. The summed E-state index contributed by atoms with van der Waals surface area (Å²) in [5.74, 6) is 0.749. The minimum atomic E-state index is -0.0862. The van der Waals surface area contributed by atoms with E-state index >= 15 is 0 Å². The van der Waals surface area contributed by atoms with Crippen LogP contribution in [0.1, 0.15) is 25.3 Å². The molecule has 0 bridgehead atoms. The molecule has 1 fully saturated rings. The fraction of sp³-hybridized carbons (Fsp3) is 0.429. The summed E-state index contributed by atoms with van der Waals surface area (Å²) in [5.41, 5.74) is 7.25. The molecular weight excluding hydrogens is 240 g/mol. The van der Waals surface area contributed by atoms with E-state index in [1.807, 2.05) is 23.1 Å². The van der Waals surface area contributed by atoms with Gasteiger partial charge in [-0.2, -0.15) is 5.10 Å². The zero-order valence-corrected chi connectivity index (χ0v) is 10.7. The molecule has 19 heavy (non-hydrogen) atoms. The molecule has 2 heterocycles. The Bertz CT molecular complexity index is 610. The number of hydrogen-bond donors (Lipinski definition) is 2. The lowest BCUT2D eigenvalue weighted by atomic mass is 9.78. The Morgan fingerprint density at radius 3 is 3.00 bits per heavy atom. The van der Waals surface area contributed by atoms with Gasteiger partial charge in [-0.25, -0.2) is 0 Å². The van der Waals surface area contributed by atoms with Crippen molar-refractivity contribution < 1.29 is 0 Å². The van der Waals surface area contributed by atoms with Crippen LogP contribution in [0.3, 0.4) is 0 Å². The Kier molecular flexibility index (Phi) is 3.21. The van der Waals surface area contributed by atoms with Crippen molar-refractivity contribution in [3.63, 3.8) is 0 Å². The molecule has 100 valence electrons. The summed E-state index contributed by atoms with van der Waals surface area (Å²) in [4.78, 5) is 14.1. The molecule has 1 saturated carbocycles. The minimum absolute atomic E-state index is 0.0862. The first-order valence-electron chi connectivity index (χ1n) is 6.70. The van der Waals surface area contributed by atoms with Crippen LogP contribution in [0, 0.1) is 5.92 Å². The molecule has 1 aliphatic carbocycles. The zero-order chi connectivity index (χ0) is 13.2. The number of H-pyrrole nitrogens is 1. The molecule has 1 aliphatic rings. The van der Waals surface area contributed by atoms with Gasteiger partial charge in [0.1, 0.15) is 0 Å². The van der Waals surface area contributed by atoms with Crippen LogP contribution in [0.25, 0.3) is 11.3 Å². The number of pyridine rings is 1. The predicted octanol–water partition coefficient (Wildman–Crippen LogP) is 1.54. The fourth-order valence-corrected chi connectivity index (χ4v) is 2.68. The van der Waals surface area contributed by atoms with Crippen LogP contribution >= 0.6 is 0 Å². The summed E-state index contributed by atoms with van der Waals surface area (Å²) in [5, 5.41) is 4.40. The summed E-state index contributed by atoms with van der Waals surface area (Å²) in [6, 6.07) is 5.64. The minimum Gasteiger partial charge on any atom is -0.330 e. The lowest BCUT2D eigenvalue weighted by molar-refractivity contribution is 0.176. The predicted molar refractivity (Wildman–Crippen MR) is 73.7 cm³/mol. The first-order chi connectivity index (χ1) is 9.26. The number of nitrogens with one attached hydrogen (secondary N) is 1. The molecule has 0 saturated heterocycles. The Hall–Kier alpha value is -1.88. The Balaban J connectivity index is 1.72. The number of rotatable bonds is 4. The van der Waals surface area contributed by atoms with Crippen molar-refractivity contribution in [2.75, 3.05) is 6.54 Å². The van der Waals surface area contributed by atoms with Crippen LogP contribution in [0.15, 0.2) is 35.4 Å². The molecule has 3 rings (SSSR count). The normalized spacial score (nSPS) is 22.2. The van der Waals surface area contributed by atoms with Gasteiger partial charge in [-0.3, -0.25) is 9.48 Å². The highest BCUT2D eigenvalue weighted by atomic mass is 16.1. The van der Waals surface area contributed by atoms with E-state index in [2.05, 4.69) is 10.1 Å². The molecule has 0 aromatic carbocycles.